The highest BCUT2D eigenvalue weighted by molar-refractivity contribution is 6.30. The first-order valence-corrected chi connectivity index (χ1v) is 4.24. The number of halogens is 1. The van der Waals surface area contributed by atoms with Crippen LogP contribution in [0.15, 0.2) is 18.2 Å². The number of rotatable bonds is 3. The van der Waals surface area contributed by atoms with Gasteiger partial charge in [-0.25, -0.2) is 0 Å². The van der Waals surface area contributed by atoms with Gasteiger partial charge in [-0.2, -0.15) is 0 Å². The summed E-state index contributed by atoms with van der Waals surface area (Å²) in [5.41, 5.74) is 1.22. The van der Waals surface area contributed by atoms with Crippen molar-refractivity contribution >= 4 is 23.7 Å². The highest BCUT2D eigenvalue weighted by Gasteiger charge is 2.04. The van der Waals surface area contributed by atoms with Crippen LogP contribution in [-0.4, -0.2) is 12.1 Å². The number of Topliss-reactive ketones (excluding diaryl/α,β-unsaturated/α-hetero) is 1. The molecule has 0 radical (unpaired) electrons. The Balaban J connectivity index is 3.05. The van der Waals surface area contributed by atoms with Crippen LogP contribution in [0.2, 0.25) is 5.02 Å². The normalized spacial score (nSPS) is 9.69. The number of ketones is 1. The fraction of sp³-hybridized carbons (Fsp3) is 0.200. The molecule has 0 aliphatic heterocycles. The van der Waals surface area contributed by atoms with Gasteiger partial charge in [0.25, 0.3) is 0 Å². The molecule has 0 N–H and O–H groups in total. The average molecular weight is 197 g/mol. The second-order valence-electron chi connectivity index (χ2n) is 2.84. The molecule has 1 aromatic rings. The number of aldehydes is 1. The summed E-state index contributed by atoms with van der Waals surface area (Å²) in [4.78, 5) is 21.4. The van der Waals surface area contributed by atoms with Crippen molar-refractivity contribution in [2.75, 3.05) is 0 Å². The van der Waals surface area contributed by atoms with Crippen molar-refractivity contribution in [1.29, 1.82) is 0 Å². The van der Waals surface area contributed by atoms with Gasteiger partial charge < -0.3 is 0 Å². The zero-order chi connectivity index (χ0) is 9.84. The van der Waals surface area contributed by atoms with E-state index in [2.05, 4.69) is 0 Å². The minimum absolute atomic E-state index is 0.0328. The molecule has 13 heavy (non-hydrogen) atoms. The second kappa shape index (κ2) is 4.19. The molecule has 1 rings (SSSR count). The zero-order valence-corrected chi connectivity index (χ0v) is 7.97. The average Bonchev–Trinajstić information content (AvgIpc) is 2.07. The molecule has 0 aliphatic carbocycles. The van der Waals surface area contributed by atoms with E-state index in [0.29, 0.717) is 16.9 Å². The Morgan fingerprint density at radius 2 is 2.23 bits per heavy atom. The number of hydrogen-bond donors (Lipinski definition) is 0. The van der Waals surface area contributed by atoms with E-state index in [-0.39, 0.29) is 12.2 Å². The third kappa shape index (κ3) is 2.67. The van der Waals surface area contributed by atoms with E-state index in [1.165, 1.54) is 6.92 Å². The molecular weight excluding hydrogens is 188 g/mol. The molecule has 3 heteroatoms. The van der Waals surface area contributed by atoms with Crippen LogP contribution in [0.25, 0.3) is 0 Å². The molecule has 0 heterocycles. The molecule has 2 nitrogen and oxygen atoms in total. The van der Waals surface area contributed by atoms with Crippen molar-refractivity contribution in [3.8, 4) is 0 Å². The molecule has 68 valence electrons. The van der Waals surface area contributed by atoms with Gasteiger partial charge in [-0.3, -0.25) is 9.59 Å². The maximum absolute atomic E-state index is 10.8. The number of benzene rings is 1. The van der Waals surface area contributed by atoms with Crippen molar-refractivity contribution in [2.45, 2.75) is 13.3 Å². The fourth-order valence-corrected chi connectivity index (χ4v) is 1.29. The van der Waals surface area contributed by atoms with Gasteiger partial charge in [0.05, 0.1) is 0 Å². The Hall–Kier alpha value is -1.15. The summed E-state index contributed by atoms with van der Waals surface area (Å²) in [6.45, 7) is 1.49. The van der Waals surface area contributed by atoms with Crippen molar-refractivity contribution in [3.63, 3.8) is 0 Å². The predicted molar refractivity (Wildman–Crippen MR) is 51.2 cm³/mol. The minimum Gasteiger partial charge on any atom is -0.300 e. The summed E-state index contributed by atoms with van der Waals surface area (Å²) in [5, 5.41) is 0.509. The summed E-state index contributed by atoms with van der Waals surface area (Å²) in [5.74, 6) is 0.0328. The lowest BCUT2D eigenvalue weighted by molar-refractivity contribution is -0.116. The lowest BCUT2D eigenvalue weighted by atomic mass is 10.0. The zero-order valence-electron chi connectivity index (χ0n) is 7.21. The minimum atomic E-state index is 0.0328. The first-order valence-electron chi connectivity index (χ1n) is 3.86. The summed E-state index contributed by atoms with van der Waals surface area (Å²) < 4.78 is 0. The lowest BCUT2D eigenvalue weighted by Crippen LogP contribution is -2.00. The molecule has 0 fully saturated rings. The largest absolute Gasteiger partial charge is 0.300 e. The molecule has 0 saturated heterocycles. The molecule has 0 atom stereocenters. The molecule has 0 bridgehead atoms. The topological polar surface area (TPSA) is 34.1 Å². The van der Waals surface area contributed by atoms with Crippen molar-refractivity contribution in [3.05, 3.63) is 34.3 Å². The third-order valence-electron chi connectivity index (χ3n) is 1.67. The fourth-order valence-electron chi connectivity index (χ4n) is 1.10. The maximum atomic E-state index is 10.8. The molecule has 0 aliphatic rings. The predicted octanol–water partition coefficient (Wildman–Crippen LogP) is 2.28. The first-order chi connectivity index (χ1) is 6.13. The molecular formula is C10H9ClO2. The van der Waals surface area contributed by atoms with Crippen molar-refractivity contribution in [1.82, 2.24) is 0 Å². The van der Waals surface area contributed by atoms with Crippen molar-refractivity contribution < 1.29 is 9.59 Å². The highest BCUT2D eigenvalue weighted by Crippen LogP contribution is 2.15. The Morgan fingerprint density at radius 1 is 1.54 bits per heavy atom. The van der Waals surface area contributed by atoms with E-state index in [4.69, 9.17) is 11.6 Å². The monoisotopic (exact) mass is 196 g/mol. The van der Waals surface area contributed by atoms with Gasteiger partial charge >= 0.3 is 0 Å². The number of carbonyl (C=O) groups excluding carboxylic acids is 2. The maximum Gasteiger partial charge on any atom is 0.150 e. The summed E-state index contributed by atoms with van der Waals surface area (Å²) >= 11 is 5.69. The Kier molecular flexibility index (Phi) is 3.20. The Bertz CT molecular complexity index is 345. The molecule has 1 aromatic carbocycles. The van der Waals surface area contributed by atoms with Crippen molar-refractivity contribution in [2.24, 2.45) is 0 Å². The number of carbonyl (C=O) groups is 2. The Labute approximate surface area is 81.5 Å². The first kappa shape index (κ1) is 9.93. The van der Waals surface area contributed by atoms with E-state index in [0.717, 1.165) is 5.56 Å². The third-order valence-corrected chi connectivity index (χ3v) is 1.91. The molecule has 0 spiro atoms. The Morgan fingerprint density at radius 3 is 2.77 bits per heavy atom. The second-order valence-corrected chi connectivity index (χ2v) is 3.28. The van der Waals surface area contributed by atoms with Gasteiger partial charge in [-0.1, -0.05) is 17.7 Å². The van der Waals surface area contributed by atoms with Gasteiger partial charge in [0.1, 0.15) is 12.1 Å². The summed E-state index contributed by atoms with van der Waals surface area (Å²) in [7, 11) is 0. The van der Waals surface area contributed by atoms with E-state index in [1.54, 1.807) is 18.2 Å². The van der Waals surface area contributed by atoms with E-state index < -0.39 is 0 Å². The molecule has 0 unspecified atom stereocenters. The molecule has 0 amide bonds. The van der Waals surface area contributed by atoms with Crippen LogP contribution in [-0.2, 0) is 11.2 Å². The number of hydrogen-bond acceptors (Lipinski definition) is 2. The highest BCUT2D eigenvalue weighted by atomic mass is 35.5. The molecule has 0 aromatic heterocycles. The van der Waals surface area contributed by atoms with Crippen LogP contribution >= 0.6 is 11.6 Å². The van der Waals surface area contributed by atoms with E-state index in [9.17, 15) is 9.59 Å². The van der Waals surface area contributed by atoms with Crippen LogP contribution in [0.4, 0.5) is 0 Å². The van der Waals surface area contributed by atoms with Crippen LogP contribution in [0.3, 0.4) is 0 Å². The summed E-state index contributed by atoms with van der Waals surface area (Å²) in [6.07, 6.45) is 0.995. The quantitative estimate of drug-likeness (QED) is 0.696. The SMILES string of the molecule is CC(=O)Cc1ccc(Cl)cc1C=O. The molecule has 0 saturated carbocycles. The van der Waals surface area contributed by atoms with Crippen LogP contribution in [0, 0.1) is 0 Å². The summed E-state index contributed by atoms with van der Waals surface area (Å²) in [6, 6.07) is 4.94. The smallest absolute Gasteiger partial charge is 0.150 e. The van der Waals surface area contributed by atoms with Gasteiger partial charge in [0, 0.05) is 17.0 Å². The van der Waals surface area contributed by atoms with Crippen LogP contribution in [0.1, 0.15) is 22.8 Å². The van der Waals surface area contributed by atoms with Crippen LogP contribution < -0.4 is 0 Å². The van der Waals surface area contributed by atoms with Gasteiger partial charge in [-0.15, -0.1) is 0 Å². The van der Waals surface area contributed by atoms with Gasteiger partial charge in [-0.05, 0) is 24.6 Å². The standard InChI is InChI=1S/C10H9ClO2/c1-7(13)4-8-2-3-10(11)5-9(8)6-12/h2-3,5-6H,4H2,1H3. The van der Waals surface area contributed by atoms with Gasteiger partial charge in [0.15, 0.2) is 0 Å². The lowest BCUT2D eigenvalue weighted by Gasteiger charge is -2.01. The van der Waals surface area contributed by atoms with E-state index in [1.807, 2.05) is 0 Å². The van der Waals surface area contributed by atoms with Gasteiger partial charge in [0.2, 0.25) is 0 Å². The van der Waals surface area contributed by atoms with E-state index >= 15 is 0 Å². The van der Waals surface area contributed by atoms with Crippen LogP contribution in [0.5, 0.6) is 0 Å².